The average Bonchev–Trinajstić information content (AvgIpc) is 2.33. The fourth-order valence-corrected chi connectivity index (χ4v) is 3.19. The minimum atomic E-state index is -2.07. The summed E-state index contributed by atoms with van der Waals surface area (Å²) >= 11 is 0. The molecule has 120 valence electrons. The molecule has 1 heterocycles. The highest BCUT2D eigenvalue weighted by Gasteiger charge is 2.54. The van der Waals surface area contributed by atoms with E-state index >= 15 is 0 Å². The molecule has 1 saturated heterocycles. The van der Waals surface area contributed by atoms with Crippen molar-refractivity contribution in [3.63, 3.8) is 0 Å². The minimum Gasteiger partial charge on any atom is -0.467 e. The summed E-state index contributed by atoms with van der Waals surface area (Å²) in [6.45, 7) is 12.3. The van der Waals surface area contributed by atoms with Crippen molar-refractivity contribution in [3.8, 4) is 0 Å². The molecule has 0 amide bonds. The molecule has 0 bridgehead atoms. The summed E-state index contributed by atoms with van der Waals surface area (Å²) in [5.41, 5.74) is 8.55. The zero-order valence-electron chi connectivity index (χ0n) is 13.8. The van der Waals surface area contributed by atoms with E-state index in [2.05, 4.69) is 43.9 Å². The lowest BCUT2D eigenvalue weighted by Gasteiger charge is -2.49. The number of hydrogen-bond donors (Lipinski definition) is 0. The highest BCUT2D eigenvalue weighted by Crippen LogP contribution is 2.41. The molecular formula is C13H25N3O4Si. The number of hydrogen-bond acceptors (Lipinski definition) is 5. The van der Waals surface area contributed by atoms with Crippen LogP contribution in [-0.2, 0) is 18.7 Å². The number of carbonyl (C=O) groups is 1. The second-order valence-electron chi connectivity index (χ2n) is 6.83. The molecule has 8 heteroatoms. The summed E-state index contributed by atoms with van der Waals surface area (Å²) in [5, 5.41) is 3.66. The van der Waals surface area contributed by atoms with E-state index < -0.39 is 38.6 Å². The van der Waals surface area contributed by atoms with Crippen LogP contribution in [0.3, 0.4) is 0 Å². The maximum atomic E-state index is 11.8. The van der Waals surface area contributed by atoms with Crippen molar-refractivity contribution in [3.05, 3.63) is 10.4 Å². The summed E-state index contributed by atoms with van der Waals surface area (Å²) in [6, 6.07) is -0.398. The van der Waals surface area contributed by atoms with Gasteiger partial charge >= 0.3 is 5.97 Å². The van der Waals surface area contributed by atoms with Crippen molar-refractivity contribution < 1.29 is 18.7 Å². The van der Waals surface area contributed by atoms with Crippen LogP contribution in [0.4, 0.5) is 0 Å². The van der Waals surface area contributed by atoms with Gasteiger partial charge in [-0.3, -0.25) is 0 Å². The van der Waals surface area contributed by atoms with Crippen molar-refractivity contribution in [1.82, 2.24) is 0 Å². The number of azide groups is 1. The van der Waals surface area contributed by atoms with Crippen LogP contribution in [0.5, 0.6) is 0 Å². The molecule has 1 rings (SSSR count). The van der Waals surface area contributed by atoms with Gasteiger partial charge in [0, 0.05) is 4.91 Å². The van der Waals surface area contributed by atoms with Gasteiger partial charge in [-0.15, -0.1) is 0 Å². The van der Waals surface area contributed by atoms with Crippen LogP contribution in [0.2, 0.25) is 18.1 Å². The van der Waals surface area contributed by atoms with Crippen LogP contribution in [0.1, 0.15) is 27.7 Å². The third kappa shape index (κ3) is 3.77. The Hall–Kier alpha value is -1.08. The second-order valence-corrected chi connectivity index (χ2v) is 11.6. The zero-order valence-corrected chi connectivity index (χ0v) is 14.8. The Morgan fingerprint density at radius 3 is 2.43 bits per heavy atom. The van der Waals surface area contributed by atoms with Crippen molar-refractivity contribution in [2.75, 3.05) is 7.11 Å². The highest BCUT2D eigenvalue weighted by molar-refractivity contribution is 6.74. The Morgan fingerprint density at radius 2 is 2.00 bits per heavy atom. The summed E-state index contributed by atoms with van der Waals surface area (Å²) in [6.07, 6.45) is -1.59. The molecular weight excluding hydrogens is 290 g/mol. The van der Waals surface area contributed by atoms with Crippen molar-refractivity contribution in [2.24, 2.45) is 5.11 Å². The maximum absolute atomic E-state index is 11.8. The van der Waals surface area contributed by atoms with Crippen LogP contribution in [0.15, 0.2) is 5.11 Å². The average molecular weight is 315 g/mol. The monoisotopic (exact) mass is 315 g/mol. The van der Waals surface area contributed by atoms with E-state index in [4.69, 9.17) is 19.4 Å². The van der Waals surface area contributed by atoms with Crippen molar-refractivity contribution in [2.45, 2.75) is 70.2 Å². The summed E-state index contributed by atoms with van der Waals surface area (Å²) in [5.74, 6) is -0.455. The lowest BCUT2D eigenvalue weighted by Crippen LogP contribution is -2.65. The van der Waals surface area contributed by atoms with Gasteiger partial charge in [0.1, 0.15) is 6.10 Å². The van der Waals surface area contributed by atoms with Gasteiger partial charge in [-0.25, -0.2) is 4.79 Å². The maximum Gasteiger partial charge on any atom is 0.337 e. The topological polar surface area (TPSA) is 93.5 Å². The Balaban J connectivity index is 2.93. The van der Waals surface area contributed by atoms with Crippen LogP contribution >= 0.6 is 0 Å². The largest absolute Gasteiger partial charge is 0.467 e. The molecule has 0 N–H and O–H groups in total. The van der Waals surface area contributed by atoms with Gasteiger partial charge < -0.3 is 13.9 Å². The molecule has 1 aliphatic heterocycles. The number of rotatable bonds is 5. The normalized spacial score (nSPS) is 27.3. The molecule has 1 aliphatic rings. The molecule has 0 aromatic carbocycles. The molecule has 0 aromatic heterocycles. The minimum absolute atomic E-state index is 0.00947. The van der Waals surface area contributed by atoms with Crippen LogP contribution < -0.4 is 0 Å². The van der Waals surface area contributed by atoms with E-state index in [1.165, 1.54) is 7.11 Å². The third-order valence-corrected chi connectivity index (χ3v) is 8.78. The molecule has 0 spiro atoms. The summed E-state index contributed by atoms with van der Waals surface area (Å²) in [4.78, 5) is 14.5. The fraction of sp³-hybridized carbons (Fsp3) is 0.923. The van der Waals surface area contributed by atoms with Gasteiger partial charge in [0.2, 0.25) is 0 Å². The Morgan fingerprint density at radius 1 is 1.43 bits per heavy atom. The Labute approximate surface area is 126 Å². The Bertz CT molecular complexity index is 443. The smallest absolute Gasteiger partial charge is 0.337 e. The molecule has 0 unspecified atom stereocenters. The van der Waals surface area contributed by atoms with Crippen LogP contribution in [-0.4, -0.2) is 45.8 Å². The van der Waals surface area contributed by atoms with Crippen LogP contribution in [0, 0.1) is 0 Å². The van der Waals surface area contributed by atoms with Crippen molar-refractivity contribution >= 4 is 14.3 Å². The molecule has 7 nitrogen and oxygen atoms in total. The number of ether oxygens (including phenoxy) is 2. The van der Waals surface area contributed by atoms with Gasteiger partial charge in [0.05, 0.1) is 19.3 Å². The van der Waals surface area contributed by atoms with Crippen molar-refractivity contribution in [1.29, 1.82) is 0 Å². The number of nitrogens with zero attached hydrogens (tertiary/aromatic N) is 3. The van der Waals surface area contributed by atoms with Gasteiger partial charge in [-0.05, 0) is 23.7 Å². The summed E-state index contributed by atoms with van der Waals surface area (Å²) < 4.78 is 16.6. The van der Waals surface area contributed by atoms with Gasteiger partial charge in [-0.2, -0.15) is 0 Å². The first-order chi connectivity index (χ1) is 9.55. The first-order valence-electron chi connectivity index (χ1n) is 7.00. The lowest BCUT2D eigenvalue weighted by molar-refractivity contribution is -0.230. The summed E-state index contributed by atoms with van der Waals surface area (Å²) in [7, 11) is -0.753. The predicted octanol–water partition coefficient (Wildman–Crippen LogP) is 3.02. The van der Waals surface area contributed by atoms with E-state index in [1.807, 2.05) is 0 Å². The second kappa shape index (κ2) is 6.35. The quantitative estimate of drug-likeness (QED) is 0.256. The number of carbonyl (C=O) groups excluding carboxylic acids is 1. The molecule has 4 atom stereocenters. The van der Waals surface area contributed by atoms with Gasteiger partial charge in [0.25, 0.3) is 0 Å². The van der Waals surface area contributed by atoms with E-state index in [0.29, 0.717) is 0 Å². The van der Waals surface area contributed by atoms with Gasteiger partial charge in [0.15, 0.2) is 14.4 Å². The third-order valence-electron chi connectivity index (χ3n) is 4.31. The lowest BCUT2D eigenvalue weighted by atomic mass is 9.96. The molecule has 0 aliphatic carbocycles. The molecule has 0 aromatic rings. The first-order valence-corrected chi connectivity index (χ1v) is 9.91. The van der Waals surface area contributed by atoms with E-state index in [-0.39, 0.29) is 5.04 Å². The van der Waals surface area contributed by atoms with E-state index in [0.717, 1.165) is 0 Å². The van der Waals surface area contributed by atoms with Crippen LogP contribution in [0.25, 0.3) is 10.4 Å². The van der Waals surface area contributed by atoms with Gasteiger partial charge in [-0.1, -0.05) is 32.8 Å². The van der Waals surface area contributed by atoms with E-state index in [9.17, 15) is 4.79 Å². The number of esters is 1. The molecule has 0 saturated carbocycles. The zero-order chi connectivity index (χ0) is 16.4. The molecule has 0 radical (unpaired) electrons. The fourth-order valence-electron chi connectivity index (χ4n) is 1.89. The number of methoxy groups -OCH3 is 1. The Kier molecular flexibility index (Phi) is 5.44. The molecule has 21 heavy (non-hydrogen) atoms. The predicted molar refractivity (Wildman–Crippen MR) is 81.4 cm³/mol. The highest BCUT2D eigenvalue weighted by atomic mass is 28.4. The molecule has 1 fully saturated rings. The SMILES string of the molecule is COC(=O)[C@@H]1O[C@@H]([C@@H](C)N=[N+]=[N-])[C@H]1O[Si](C)(C)C(C)(C)C. The standard InChI is InChI=1S/C13H25N3O4Si/c1-8(15-16-14)9-10(11(19-9)12(17)18-5)20-21(6,7)13(2,3)4/h8-11H,1-7H3/t8-,9+,10-,11-/m1/s1. The first kappa shape index (κ1) is 18.0. The van der Waals surface area contributed by atoms with E-state index in [1.54, 1.807) is 6.92 Å².